The van der Waals surface area contributed by atoms with Gasteiger partial charge in [-0.25, -0.2) is 8.42 Å². The summed E-state index contributed by atoms with van der Waals surface area (Å²) < 4.78 is 23.8. The van der Waals surface area contributed by atoms with Crippen LogP contribution < -0.4 is 5.32 Å². The van der Waals surface area contributed by atoms with Crippen LogP contribution in [0.2, 0.25) is 0 Å². The summed E-state index contributed by atoms with van der Waals surface area (Å²) in [5.41, 5.74) is 1.23. The lowest BCUT2D eigenvalue weighted by Gasteiger charge is -2.49. The highest BCUT2D eigenvalue weighted by Gasteiger charge is 2.64. The third kappa shape index (κ3) is 2.86. The molecule has 0 aromatic carbocycles. The van der Waals surface area contributed by atoms with Crippen molar-refractivity contribution in [3.05, 3.63) is 22.4 Å². The fourth-order valence-corrected chi connectivity index (χ4v) is 6.75. The zero-order valence-corrected chi connectivity index (χ0v) is 15.3. The van der Waals surface area contributed by atoms with E-state index in [-0.39, 0.29) is 30.7 Å². The van der Waals surface area contributed by atoms with Gasteiger partial charge in [-0.1, -0.05) is 0 Å². The van der Waals surface area contributed by atoms with E-state index in [9.17, 15) is 18.0 Å². The van der Waals surface area contributed by atoms with E-state index in [1.54, 1.807) is 16.2 Å². The molecule has 0 bridgehead atoms. The first-order chi connectivity index (χ1) is 11.4. The van der Waals surface area contributed by atoms with Crippen molar-refractivity contribution in [3.8, 4) is 0 Å². The first kappa shape index (κ1) is 17.4. The van der Waals surface area contributed by atoms with Crippen molar-refractivity contribution in [1.29, 1.82) is 0 Å². The van der Waals surface area contributed by atoms with Gasteiger partial charge in [0.15, 0.2) is 9.84 Å². The summed E-state index contributed by atoms with van der Waals surface area (Å²) in [6.45, 7) is 0.315. The standard InChI is InChI=1S/C16H22N2O4S2/c1-17-15(20)13-6-8-24(21,22)16(13)10-18(11-16)14(19)4-2-3-12-5-7-23-9-12/h5,7,9,13H,2-4,6,8,10-11H2,1H3,(H,17,20). The Morgan fingerprint density at radius 1 is 1.42 bits per heavy atom. The summed E-state index contributed by atoms with van der Waals surface area (Å²) in [4.78, 5) is 25.9. The highest BCUT2D eigenvalue weighted by Crippen LogP contribution is 2.45. The van der Waals surface area contributed by atoms with Gasteiger partial charge in [-0.15, -0.1) is 0 Å². The Kier molecular flexibility index (Phi) is 4.70. The maximum Gasteiger partial charge on any atom is 0.224 e. The van der Waals surface area contributed by atoms with E-state index < -0.39 is 20.5 Å². The molecule has 3 heterocycles. The molecule has 1 aromatic heterocycles. The fourth-order valence-electron chi connectivity index (χ4n) is 3.73. The van der Waals surface area contributed by atoms with Crippen molar-refractivity contribution in [3.63, 3.8) is 0 Å². The minimum atomic E-state index is -3.33. The molecule has 2 saturated heterocycles. The monoisotopic (exact) mass is 370 g/mol. The second kappa shape index (κ2) is 6.48. The molecule has 2 fully saturated rings. The molecular weight excluding hydrogens is 348 g/mol. The number of amides is 2. The Labute approximate surface area is 146 Å². The Balaban J connectivity index is 1.58. The molecule has 6 nitrogen and oxygen atoms in total. The quantitative estimate of drug-likeness (QED) is 0.832. The average molecular weight is 370 g/mol. The third-order valence-electron chi connectivity index (χ3n) is 5.20. The van der Waals surface area contributed by atoms with Crippen molar-refractivity contribution < 1.29 is 18.0 Å². The van der Waals surface area contributed by atoms with Gasteiger partial charge in [-0.2, -0.15) is 11.3 Å². The van der Waals surface area contributed by atoms with Gasteiger partial charge in [0.2, 0.25) is 11.8 Å². The molecule has 1 N–H and O–H groups in total. The molecule has 1 atom stereocenters. The lowest BCUT2D eigenvalue weighted by molar-refractivity contribution is -0.140. The Morgan fingerprint density at radius 3 is 2.79 bits per heavy atom. The van der Waals surface area contributed by atoms with Gasteiger partial charge < -0.3 is 10.2 Å². The number of thiophene rings is 1. The Hall–Kier alpha value is -1.41. The first-order valence-corrected chi connectivity index (χ1v) is 10.7. The van der Waals surface area contributed by atoms with Crippen LogP contribution in [0.15, 0.2) is 16.8 Å². The second-order valence-corrected chi connectivity index (χ2v) is 9.80. The SMILES string of the molecule is CNC(=O)C1CCS(=O)(=O)C12CN(C(=O)CCCc1ccsc1)C2. The molecule has 8 heteroatoms. The van der Waals surface area contributed by atoms with E-state index in [2.05, 4.69) is 10.7 Å². The Morgan fingerprint density at radius 2 is 2.17 bits per heavy atom. The first-order valence-electron chi connectivity index (χ1n) is 8.12. The number of rotatable bonds is 5. The van der Waals surface area contributed by atoms with Gasteiger partial charge in [0.05, 0.1) is 11.7 Å². The number of sulfone groups is 1. The van der Waals surface area contributed by atoms with Crippen LogP contribution in [-0.2, 0) is 25.8 Å². The number of carbonyl (C=O) groups excluding carboxylic acids is 2. The van der Waals surface area contributed by atoms with E-state index in [0.29, 0.717) is 12.8 Å². The number of hydrogen-bond donors (Lipinski definition) is 1. The smallest absolute Gasteiger partial charge is 0.224 e. The fraction of sp³-hybridized carbons (Fsp3) is 0.625. The molecule has 2 aliphatic rings. The van der Waals surface area contributed by atoms with E-state index in [4.69, 9.17) is 0 Å². The summed E-state index contributed by atoms with van der Waals surface area (Å²) in [5, 5.41) is 6.64. The van der Waals surface area contributed by atoms with E-state index in [1.165, 1.54) is 12.6 Å². The number of likely N-dealkylation sites (tertiary alicyclic amines) is 1. The average Bonchev–Trinajstić information content (AvgIpc) is 3.10. The van der Waals surface area contributed by atoms with E-state index in [1.807, 2.05) is 11.4 Å². The molecule has 1 unspecified atom stereocenters. The second-order valence-electron chi connectivity index (χ2n) is 6.57. The molecule has 2 aliphatic heterocycles. The summed E-state index contributed by atoms with van der Waals surface area (Å²) in [6.07, 6.45) is 2.37. The zero-order valence-electron chi connectivity index (χ0n) is 13.7. The van der Waals surface area contributed by atoms with Gasteiger partial charge in [0.25, 0.3) is 0 Å². The van der Waals surface area contributed by atoms with Crippen LogP contribution in [-0.4, -0.2) is 55.8 Å². The van der Waals surface area contributed by atoms with Gasteiger partial charge in [-0.05, 0) is 41.7 Å². The van der Waals surface area contributed by atoms with Crippen LogP contribution >= 0.6 is 11.3 Å². The summed E-state index contributed by atoms with van der Waals surface area (Å²) >= 11 is 1.64. The molecule has 132 valence electrons. The topological polar surface area (TPSA) is 83.6 Å². The van der Waals surface area contributed by atoms with Gasteiger partial charge in [0.1, 0.15) is 4.75 Å². The highest BCUT2D eigenvalue weighted by molar-refractivity contribution is 7.93. The number of carbonyl (C=O) groups is 2. The molecule has 0 radical (unpaired) electrons. The van der Waals surface area contributed by atoms with Crippen LogP contribution in [0.4, 0.5) is 0 Å². The maximum atomic E-state index is 12.4. The summed E-state index contributed by atoms with van der Waals surface area (Å²) in [5.74, 6) is -0.762. The van der Waals surface area contributed by atoms with Gasteiger partial charge in [0, 0.05) is 26.6 Å². The van der Waals surface area contributed by atoms with E-state index >= 15 is 0 Å². The largest absolute Gasteiger partial charge is 0.359 e. The van der Waals surface area contributed by atoms with Crippen LogP contribution in [0.25, 0.3) is 0 Å². The number of hydrogen-bond acceptors (Lipinski definition) is 5. The molecule has 2 amide bonds. The van der Waals surface area contributed by atoms with Crippen LogP contribution in [0.5, 0.6) is 0 Å². The summed E-state index contributed by atoms with van der Waals surface area (Å²) in [6, 6.07) is 2.05. The summed E-state index contributed by atoms with van der Waals surface area (Å²) in [7, 11) is -1.81. The number of nitrogens with zero attached hydrogens (tertiary/aromatic N) is 1. The van der Waals surface area contributed by atoms with E-state index in [0.717, 1.165) is 12.8 Å². The number of nitrogens with one attached hydrogen (secondary N) is 1. The third-order valence-corrected chi connectivity index (χ3v) is 8.49. The van der Waals surface area contributed by atoms with Crippen molar-refractivity contribution in [2.24, 2.45) is 5.92 Å². The highest BCUT2D eigenvalue weighted by atomic mass is 32.2. The maximum absolute atomic E-state index is 12.4. The van der Waals surface area contributed by atoms with Crippen LogP contribution in [0, 0.1) is 5.92 Å². The van der Waals surface area contributed by atoms with Gasteiger partial charge in [-0.3, -0.25) is 9.59 Å². The molecule has 1 spiro atoms. The van der Waals surface area contributed by atoms with Crippen molar-refractivity contribution in [2.75, 3.05) is 25.9 Å². The minimum Gasteiger partial charge on any atom is -0.359 e. The predicted octanol–water partition coefficient (Wildman–Crippen LogP) is 0.833. The van der Waals surface area contributed by atoms with Crippen molar-refractivity contribution in [1.82, 2.24) is 10.2 Å². The molecule has 24 heavy (non-hydrogen) atoms. The molecular formula is C16H22N2O4S2. The lowest BCUT2D eigenvalue weighted by atomic mass is 9.82. The molecule has 3 rings (SSSR count). The minimum absolute atomic E-state index is 0.0198. The predicted molar refractivity (Wildman–Crippen MR) is 92.5 cm³/mol. The van der Waals surface area contributed by atoms with Gasteiger partial charge >= 0.3 is 0 Å². The van der Waals surface area contributed by atoms with Crippen LogP contribution in [0.1, 0.15) is 24.8 Å². The van der Waals surface area contributed by atoms with Crippen molar-refractivity contribution in [2.45, 2.75) is 30.4 Å². The zero-order chi connectivity index (χ0) is 17.4. The molecule has 1 aromatic rings. The van der Waals surface area contributed by atoms with Crippen molar-refractivity contribution >= 4 is 33.0 Å². The number of aryl methyl sites for hydroxylation is 1. The molecule has 0 saturated carbocycles. The normalized spacial score (nSPS) is 23.9. The lowest BCUT2D eigenvalue weighted by Crippen LogP contribution is -2.69. The molecule has 0 aliphatic carbocycles. The van der Waals surface area contributed by atoms with Crippen LogP contribution in [0.3, 0.4) is 0 Å². The Bertz CT molecular complexity index is 721.